The third-order valence-corrected chi connectivity index (χ3v) is 0.566. The molecular formula is C7H9N. The molecule has 0 spiro atoms. The van der Waals surface area contributed by atoms with Crippen molar-refractivity contribution in [2.75, 3.05) is 6.54 Å². The van der Waals surface area contributed by atoms with Crippen LogP contribution in [-0.4, -0.2) is 12.8 Å². The first-order valence-corrected chi connectivity index (χ1v) is 2.53. The highest BCUT2D eigenvalue weighted by Gasteiger charge is 1.59. The van der Waals surface area contributed by atoms with Crippen LogP contribution in [0.3, 0.4) is 0 Å². The van der Waals surface area contributed by atoms with Gasteiger partial charge in [-0.1, -0.05) is 5.92 Å². The number of aliphatic imine (C=N–C) groups is 1. The first-order valence-electron chi connectivity index (χ1n) is 2.53. The fraction of sp³-hybridized carbons (Fsp3) is 0.286. The van der Waals surface area contributed by atoms with Gasteiger partial charge in [0.2, 0.25) is 0 Å². The molecule has 0 aliphatic heterocycles. The summed E-state index contributed by atoms with van der Waals surface area (Å²) < 4.78 is 0. The average molecular weight is 107 g/mol. The topological polar surface area (TPSA) is 12.4 Å². The van der Waals surface area contributed by atoms with E-state index in [4.69, 9.17) is 6.42 Å². The summed E-state index contributed by atoms with van der Waals surface area (Å²) in [4.78, 5) is 3.90. The van der Waals surface area contributed by atoms with E-state index < -0.39 is 0 Å². The van der Waals surface area contributed by atoms with Gasteiger partial charge in [0.25, 0.3) is 0 Å². The van der Waals surface area contributed by atoms with E-state index in [9.17, 15) is 0 Å². The van der Waals surface area contributed by atoms with Crippen molar-refractivity contribution in [3.8, 4) is 12.3 Å². The van der Waals surface area contributed by atoms with E-state index in [1.54, 1.807) is 18.4 Å². The second-order valence-corrected chi connectivity index (χ2v) is 1.17. The lowest BCUT2D eigenvalue weighted by molar-refractivity contribution is 1.14. The fourth-order valence-corrected chi connectivity index (χ4v) is 0.265. The van der Waals surface area contributed by atoms with E-state index >= 15 is 0 Å². The highest BCUT2D eigenvalue weighted by Crippen LogP contribution is 1.66. The highest BCUT2D eigenvalue weighted by atomic mass is 14.7. The van der Waals surface area contributed by atoms with Crippen molar-refractivity contribution in [3.05, 3.63) is 12.2 Å². The van der Waals surface area contributed by atoms with Gasteiger partial charge >= 0.3 is 0 Å². The van der Waals surface area contributed by atoms with Gasteiger partial charge in [-0.2, -0.15) is 0 Å². The maximum atomic E-state index is 4.91. The molecule has 0 radical (unpaired) electrons. The Morgan fingerprint density at radius 3 is 3.00 bits per heavy atom. The number of rotatable bonds is 2. The number of allylic oxidation sites excluding steroid dienone is 2. The van der Waals surface area contributed by atoms with Crippen LogP contribution in [-0.2, 0) is 0 Å². The van der Waals surface area contributed by atoms with Crippen LogP contribution in [0.1, 0.15) is 6.92 Å². The second-order valence-electron chi connectivity index (χ2n) is 1.17. The molecule has 0 rings (SSSR count). The van der Waals surface area contributed by atoms with E-state index in [-0.39, 0.29) is 0 Å². The summed E-state index contributed by atoms with van der Waals surface area (Å²) in [6, 6.07) is 0. The Morgan fingerprint density at radius 1 is 1.75 bits per heavy atom. The minimum atomic E-state index is 0.814. The number of hydrogen-bond donors (Lipinski definition) is 0. The van der Waals surface area contributed by atoms with E-state index in [1.807, 2.05) is 6.92 Å². The molecule has 0 unspecified atom stereocenters. The van der Waals surface area contributed by atoms with Crippen molar-refractivity contribution in [3.63, 3.8) is 0 Å². The number of nitrogens with zero attached hydrogens (tertiary/aromatic N) is 1. The zero-order valence-corrected chi connectivity index (χ0v) is 4.96. The molecule has 0 atom stereocenters. The quantitative estimate of drug-likeness (QED) is 0.372. The van der Waals surface area contributed by atoms with Crippen LogP contribution < -0.4 is 0 Å². The van der Waals surface area contributed by atoms with E-state index in [0.717, 1.165) is 6.54 Å². The Bertz CT molecular complexity index is 126. The van der Waals surface area contributed by atoms with Gasteiger partial charge in [-0.25, -0.2) is 0 Å². The largest absolute Gasteiger partial charge is 0.293 e. The van der Waals surface area contributed by atoms with Crippen LogP contribution >= 0.6 is 0 Å². The van der Waals surface area contributed by atoms with E-state index in [2.05, 4.69) is 10.9 Å². The van der Waals surface area contributed by atoms with Crippen molar-refractivity contribution in [1.29, 1.82) is 0 Å². The molecule has 1 heteroatoms. The summed E-state index contributed by atoms with van der Waals surface area (Å²) in [5, 5.41) is 0. The van der Waals surface area contributed by atoms with Gasteiger partial charge in [-0.3, -0.25) is 4.99 Å². The molecule has 0 aliphatic carbocycles. The van der Waals surface area contributed by atoms with E-state index in [0.29, 0.717) is 0 Å². The molecular weight excluding hydrogens is 98.1 g/mol. The Hall–Kier alpha value is -1.03. The Kier molecular flexibility index (Phi) is 5.20. The lowest BCUT2D eigenvalue weighted by Crippen LogP contribution is -1.67. The molecule has 8 heavy (non-hydrogen) atoms. The predicted molar refractivity (Wildman–Crippen MR) is 37.0 cm³/mol. The summed E-state index contributed by atoms with van der Waals surface area (Å²) in [5.41, 5.74) is 0. The van der Waals surface area contributed by atoms with Gasteiger partial charge in [-0.15, -0.1) is 6.42 Å². The van der Waals surface area contributed by atoms with Crippen molar-refractivity contribution in [2.45, 2.75) is 6.92 Å². The molecule has 0 aromatic rings. The first-order chi connectivity index (χ1) is 3.91. The fourth-order valence-electron chi connectivity index (χ4n) is 0.265. The zero-order chi connectivity index (χ0) is 6.24. The Morgan fingerprint density at radius 2 is 2.50 bits per heavy atom. The summed E-state index contributed by atoms with van der Waals surface area (Å²) >= 11 is 0. The normalized spacial score (nSPS) is 10.5. The average Bonchev–Trinajstić information content (AvgIpc) is 1.81. The Balaban J connectivity index is 3.31. The first kappa shape index (κ1) is 6.97. The van der Waals surface area contributed by atoms with Crippen molar-refractivity contribution in [1.82, 2.24) is 0 Å². The van der Waals surface area contributed by atoms with Gasteiger partial charge in [0.05, 0.1) is 0 Å². The lowest BCUT2D eigenvalue weighted by atomic mass is 10.5. The molecule has 0 N–H and O–H groups in total. The van der Waals surface area contributed by atoms with Crippen LogP contribution in [0.5, 0.6) is 0 Å². The van der Waals surface area contributed by atoms with Crippen molar-refractivity contribution < 1.29 is 0 Å². The van der Waals surface area contributed by atoms with Crippen LogP contribution in [0.4, 0.5) is 0 Å². The summed E-state index contributed by atoms with van der Waals surface area (Å²) in [5.74, 6) is 2.35. The monoisotopic (exact) mass is 107 g/mol. The molecule has 0 saturated carbocycles. The molecule has 0 aromatic carbocycles. The maximum absolute atomic E-state index is 4.91. The highest BCUT2D eigenvalue weighted by molar-refractivity contribution is 5.71. The zero-order valence-electron chi connectivity index (χ0n) is 4.96. The van der Waals surface area contributed by atoms with Crippen LogP contribution in [0.15, 0.2) is 17.1 Å². The molecule has 0 amide bonds. The second kappa shape index (κ2) is 5.97. The lowest BCUT2D eigenvalue weighted by Gasteiger charge is -1.72. The smallest absolute Gasteiger partial charge is 0.0360 e. The van der Waals surface area contributed by atoms with Gasteiger partial charge < -0.3 is 0 Å². The van der Waals surface area contributed by atoms with Crippen LogP contribution in [0.2, 0.25) is 0 Å². The Labute approximate surface area is 50.1 Å². The van der Waals surface area contributed by atoms with Crippen LogP contribution in [0.25, 0.3) is 0 Å². The molecule has 0 heterocycles. The molecule has 0 bridgehead atoms. The molecule has 0 fully saturated rings. The third kappa shape index (κ3) is 4.97. The van der Waals surface area contributed by atoms with Crippen molar-refractivity contribution in [2.24, 2.45) is 4.99 Å². The summed E-state index contributed by atoms with van der Waals surface area (Å²) in [7, 11) is 0. The van der Waals surface area contributed by atoms with Gasteiger partial charge in [0.15, 0.2) is 0 Å². The van der Waals surface area contributed by atoms with Gasteiger partial charge in [0, 0.05) is 12.8 Å². The maximum Gasteiger partial charge on any atom is 0.0360 e. The molecule has 0 saturated heterocycles. The van der Waals surface area contributed by atoms with Gasteiger partial charge in [-0.05, 0) is 19.1 Å². The minimum Gasteiger partial charge on any atom is -0.293 e. The predicted octanol–water partition coefficient (Wildman–Crippen LogP) is 1.27. The molecule has 0 aliphatic rings. The molecule has 1 nitrogen and oxygen atoms in total. The third-order valence-electron chi connectivity index (χ3n) is 0.566. The minimum absolute atomic E-state index is 0.814. The van der Waals surface area contributed by atoms with E-state index in [1.165, 1.54) is 0 Å². The van der Waals surface area contributed by atoms with Crippen LogP contribution in [0, 0.1) is 12.3 Å². The number of hydrogen-bond acceptors (Lipinski definition) is 1. The SMILES string of the molecule is C#CC=CC=NCC. The van der Waals surface area contributed by atoms with Gasteiger partial charge in [0.1, 0.15) is 0 Å². The summed E-state index contributed by atoms with van der Waals surface area (Å²) in [6.45, 7) is 2.79. The van der Waals surface area contributed by atoms with Crippen molar-refractivity contribution >= 4 is 6.21 Å². The molecule has 42 valence electrons. The number of terminal acetylenes is 1. The summed E-state index contributed by atoms with van der Waals surface area (Å²) in [6.07, 6.45) is 9.96. The molecule has 0 aromatic heterocycles. The standard InChI is InChI=1S/C7H9N/c1-3-5-6-7-8-4-2/h1,5-7H,4H2,2H3.